The Hall–Kier alpha value is -3.29. The lowest BCUT2D eigenvalue weighted by Crippen LogP contribution is -2.70. The van der Waals surface area contributed by atoms with E-state index in [1.165, 1.54) is 6.07 Å². The molecule has 6 rings (SSSR count). The van der Waals surface area contributed by atoms with Gasteiger partial charge >= 0.3 is 0 Å². The third-order valence-electron chi connectivity index (χ3n) is 6.95. The second-order valence-electron chi connectivity index (χ2n) is 9.42. The van der Waals surface area contributed by atoms with Gasteiger partial charge in [0.25, 0.3) is 17.7 Å². The summed E-state index contributed by atoms with van der Waals surface area (Å²) in [6, 6.07) is 9.98. The Morgan fingerprint density at radius 1 is 0.839 bits per heavy atom. The molecule has 4 saturated carbocycles. The van der Waals surface area contributed by atoms with Gasteiger partial charge < -0.3 is 16.4 Å². The zero-order valence-electron chi connectivity index (χ0n) is 17.1. The van der Waals surface area contributed by atoms with E-state index in [1.54, 1.807) is 36.5 Å². The first-order chi connectivity index (χ1) is 14.9. The highest BCUT2D eigenvalue weighted by atomic mass is 16.2. The molecule has 0 aromatic carbocycles. The number of primary amides is 1. The summed E-state index contributed by atoms with van der Waals surface area (Å²) in [5.74, 6) is -0.234. The molecule has 31 heavy (non-hydrogen) atoms. The van der Waals surface area contributed by atoms with Gasteiger partial charge in [0.2, 0.25) is 0 Å². The number of rotatable bonds is 5. The lowest BCUT2D eigenvalue weighted by molar-refractivity contribution is -0.0449. The minimum Gasteiger partial charge on any atom is -0.364 e. The third-order valence-corrected chi connectivity index (χ3v) is 6.95. The molecule has 2 unspecified atom stereocenters. The zero-order valence-corrected chi connectivity index (χ0v) is 17.1. The van der Waals surface area contributed by atoms with E-state index in [0.717, 1.165) is 32.1 Å². The first kappa shape index (κ1) is 19.7. The summed E-state index contributed by atoms with van der Waals surface area (Å²) >= 11 is 0. The van der Waals surface area contributed by atoms with Crippen molar-refractivity contribution in [3.8, 4) is 0 Å². The van der Waals surface area contributed by atoms with Crippen molar-refractivity contribution in [1.82, 2.24) is 20.6 Å². The minimum atomic E-state index is -0.666. The Morgan fingerprint density at radius 3 is 2.00 bits per heavy atom. The maximum atomic E-state index is 13.0. The summed E-state index contributed by atoms with van der Waals surface area (Å²) in [5.41, 5.74) is 5.23. The van der Waals surface area contributed by atoms with Crippen LogP contribution in [0.3, 0.4) is 0 Å². The Kier molecular flexibility index (Phi) is 4.53. The molecule has 4 aliphatic rings. The largest absolute Gasteiger partial charge is 0.364 e. The fourth-order valence-electron chi connectivity index (χ4n) is 6.36. The van der Waals surface area contributed by atoms with E-state index in [2.05, 4.69) is 20.6 Å². The van der Waals surface area contributed by atoms with Crippen LogP contribution in [0.2, 0.25) is 0 Å². The van der Waals surface area contributed by atoms with E-state index < -0.39 is 5.91 Å². The van der Waals surface area contributed by atoms with E-state index in [9.17, 15) is 14.4 Å². The second kappa shape index (κ2) is 7.14. The number of hydrogen-bond acceptors (Lipinski definition) is 5. The van der Waals surface area contributed by atoms with Crippen LogP contribution in [-0.4, -0.2) is 38.8 Å². The summed E-state index contributed by atoms with van der Waals surface area (Å²) in [6.45, 7) is 0. The molecule has 2 heterocycles. The van der Waals surface area contributed by atoms with Crippen molar-refractivity contribution < 1.29 is 14.4 Å². The smallest absolute Gasteiger partial charge is 0.270 e. The Balaban J connectivity index is 1.37. The van der Waals surface area contributed by atoms with Crippen LogP contribution >= 0.6 is 0 Å². The molecular formula is C23H25N5O3. The third kappa shape index (κ3) is 3.66. The Bertz CT molecular complexity index is 1040. The molecule has 8 heteroatoms. The van der Waals surface area contributed by atoms with Crippen molar-refractivity contribution in [2.75, 3.05) is 0 Å². The highest BCUT2D eigenvalue weighted by Gasteiger charge is 2.58. The van der Waals surface area contributed by atoms with E-state index >= 15 is 0 Å². The fraction of sp³-hybridized carbons (Fsp3) is 0.435. The first-order valence-corrected chi connectivity index (χ1v) is 10.7. The normalized spacial score (nSPS) is 30.6. The molecular weight excluding hydrogens is 394 g/mol. The summed E-state index contributed by atoms with van der Waals surface area (Å²) in [6.07, 6.45) is 7.08. The van der Waals surface area contributed by atoms with Crippen LogP contribution in [-0.2, 0) is 0 Å². The predicted molar refractivity (Wildman–Crippen MR) is 112 cm³/mol. The van der Waals surface area contributed by atoms with Crippen molar-refractivity contribution in [2.24, 2.45) is 17.6 Å². The van der Waals surface area contributed by atoms with Gasteiger partial charge in [-0.1, -0.05) is 12.1 Å². The van der Waals surface area contributed by atoms with Crippen LogP contribution in [0, 0.1) is 11.8 Å². The Morgan fingerprint density at radius 2 is 1.42 bits per heavy atom. The van der Waals surface area contributed by atoms with Gasteiger partial charge in [0.15, 0.2) is 0 Å². The topological polar surface area (TPSA) is 127 Å². The van der Waals surface area contributed by atoms with Crippen LogP contribution in [0.5, 0.6) is 0 Å². The quantitative estimate of drug-likeness (QED) is 0.681. The molecule has 4 N–H and O–H groups in total. The van der Waals surface area contributed by atoms with Crippen LogP contribution in [0.15, 0.2) is 42.6 Å². The lowest BCUT2D eigenvalue weighted by atomic mass is 9.49. The van der Waals surface area contributed by atoms with Gasteiger partial charge in [-0.3, -0.25) is 19.4 Å². The van der Waals surface area contributed by atoms with Crippen molar-refractivity contribution in [3.63, 3.8) is 0 Å². The van der Waals surface area contributed by atoms with Crippen molar-refractivity contribution in [2.45, 2.75) is 49.6 Å². The molecule has 0 aliphatic heterocycles. The number of nitrogens with one attached hydrogen (secondary N) is 2. The molecule has 3 amide bonds. The van der Waals surface area contributed by atoms with Crippen molar-refractivity contribution >= 4 is 17.7 Å². The SMILES string of the molecule is NC(=O)c1cccc(C(=O)NC23CC4CC(CC(NC(=O)c5ccccn5)(C4)C2)C3)n1. The first-order valence-electron chi connectivity index (χ1n) is 10.7. The van der Waals surface area contributed by atoms with Gasteiger partial charge in [-0.15, -0.1) is 0 Å². The number of aromatic nitrogens is 2. The van der Waals surface area contributed by atoms with Crippen molar-refractivity contribution in [3.05, 3.63) is 59.7 Å². The molecule has 2 aromatic rings. The van der Waals surface area contributed by atoms with Crippen molar-refractivity contribution in [1.29, 1.82) is 0 Å². The fourth-order valence-corrected chi connectivity index (χ4v) is 6.36. The molecule has 0 radical (unpaired) electrons. The van der Waals surface area contributed by atoms with Crippen LogP contribution < -0.4 is 16.4 Å². The van der Waals surface area contributed by atoms with E-state index in [1.807, 2.05) is 0 Å². The summed E-state index contributed by atoms with van der Waals surface area (Å²) in [7, 11) is 0. The van der Waals surface area contributed by atoms with Gasteiger partial charge in [-0.2, -0.15) is 0 Å². The molecule has 0 spiro atoms. The number of carbonyl (C=O) groups excluding carboxylic acids is 3. The van der Waals surface area contributed by atoms with Crippen LogP contribution in [0.4, 0.5) is 0 Å². The average Bonchev–Trinajstić information content (AvgIpc) is 2.72. The van der Waals surface area contributed by atoms with Gasteiger partial charge in [-0.25, -0.2) is 4.98 Å². The van der Waals surface area contributed by atoms with E-state index in [-0.39, 0.29) is 34.3 Å². The average molecular weight is 419 g/mol. The molecule has 160 valence electrons. The number of nitrogens with two attached hydrogens (primary N) is 1. The molecule has 2 atom stereocenters. The van der Waals surface area contributed by atoms with Crippen LogP contribution in [0.1, 0.15) is 70.0 Å². The monoisotopic (exact) mass is 419 g/mol. The lowest BCUT2D eigenvalue weighted by Gasteiger charge is -2.62. The maximum absolute atomic E-state index is 13.0. The van der Waals surface area contributed by atoms with Gasteiger partial charge in [0, 0.05) is 17.3 Å². The standard InChI is InChI=1S/C23H25N5O3/c24-19(29)16-5-3-6-18(26-16)21(31)28-23-11-14-8-15(12-23)10-22(9-14,13-23)27-20(30)17-4-1-2-7-25-17/h1-7,14-15H,8-13H2,(H2,24,29)(H,27,30)(H,28,31). The predicted octanol–water partition coefficient (Wildman–Crippen LogP) is 1.83. The number of carbonyl (C=O) groups is 3. The summed E-state index contributed by atoms with van der Waals surface area (Å²) in [4.78, 5) is 45.6. The van der Waals surface area contributed by atoms with Gasteiger partial charge in [0.1, 0.15) is 17.1 Å². The molecule has 4 fully saturated rings. The highest BCUT2D eigenvalue weighted by molar-refractivity contribution is 5.96. The molecule has 0 saturated heterocycles. The highest BCUT2D eigenvalue weighted by Crippen LogP contribution is 2.57. The molecule has 4 bridgehead atoms. The van der Waals surface area contributed by atoms with E-state index in [0.29, 0.717) is 24.0 Å². The number of amides is 3. The Labute approximate surface area is 180 Å². The number of nitrogens with zero attached hydrogens (tertiary/aromatic N) is 2. The molecule has 4 aliphatic carbocycles. The number of pyridine rings is 2. The zero-order chi connectivity index (χ0) is 21.6. The van der Waals surface area contributed by atoms with E-state index in [4.69, 9.17) is 5.73 Å². The number of hydrogen-bond donors (Lipinski definition) is 3. The summed E-state index contributed by atoms with van der Waals surface area (Å²) < 4.78 is 0. The molecule has 8 nitrogen and oxygen atoms in total. The van der Waals surface area contributed by atoms with Crippen LogP contribution in [0.25, 0.3) is 0 Å². The maximum Gasteiger partial charge on any atom is 0.270 e. The van der Waals surface area contributed by atoms with Gasteiger partial charge in [0.05, 0.1) is 0 Å². The minimum absolute atomic E-state index is 0.0669. The second-order valence-corrected chi connectivity index (χ2v) is 9.42. The molecule has 2 aromatic heterocycles. The summed E-state index contributed by atoms with van der Waals surface area (Å²) in [5, 5.41) is 6.50. The van der Waals surface area contributed by atoms with Gasteiger partial charge in [-0.05, 0) is 74.6 Å².